The van der Waals surface area contributed by atoms with E-state index in [1.165, 1.54) is 12.8 Å². The standard InChI is InChI=1S/C17H29N3O/c1-5-10-18-12-15-11-14(3)19-16(20-15)17(21-4)8-6-13(2)7-9-17/h11,13,18H,5-10,12H2,1-4H3. The molecule has 1 aliphatic rings. The maximum atomic E-state index is 5.90. The van der Waals surface area contributed by atoms with Gasteiger partial charge in [0.05, 0.1) is 5.69 Å². The second-order valence-corrected chi connectivity index (χ2v) is 6.38. The number of hydrogen-bond acceptors (Lipinski definition) is 4. The molecule has 4 nitrogen and oxygen atoms in total. The van der Waals surface area contributed by atoms with Gasteiger partial charge in [0, 0.05) is 19.3 Å². The van der Waals surface area contributed by atoms with Crippen molar-refractivity contribution >= 4 is 0 Å². The lowest BCUT2D eigenvalue weighted by Gasteiger charge is -2.37. The third kappa shape index (κ3) is 4.01. The Morgan fingerprint density at radius 2 is 2.05 bits per heavy atom. The number of ether oxygens (including phenoxy) is 1. The molecule has 0 unspecified atom stereocenters. The molecule has 1 N–H and O–H groups in total. The maximum Gasteiger partial charge on any atom is 0.160 e. The molecule has 1 aromatic rings. The third-order valence-corrected chi connectivity index (χ3v) is 4.52. The number of nitrogens with zero attached hydrogens (tertiary/aromatic N) is 2. The van der Waals surface area contributed by atoms with E-state index < -0.39 is 0 Å². The summed E-state index contributed by atoms with van der Waals surface area (Å²) in [5, 5.41) is 3.42. The molecule has 4 heteroatoms. The van der Waals surface area contributed by atoms with Crippen molar-refractivity contribution < 1.29 is 4.74 Å². The van der Waals surface area contributed by atoms with E-state index in [0.29, 0.717) is 0 Å². The summed E-state index contributed by atoms with van der Waals surface area (Å²) < 4.78 is 5.90. The molecule has 1 aromatic heterocycles. The van der Waals surface area contributed by atoms with Crippen LogP contribution in [0.4, 0.5) is 0 Å². The number of rotatable bonds is 6. The van der Waals surface area contributed by atoms with Gasteiger partial charge in [-0.1, -0.05) is 13.8 Å². The number of methoxy groups -OCH3 is 1. The smallest absolute Gasteiger partial charge is 0.160 e. The zero-order valence-electron chi connectivity index (χ0n) is 13.9. The molecule has 1 fully saturated rings. The molecular weight excluding hydrogens is 262 g/mol. The summed E-state index contributed by atoms with van der Waals surface area (Å²) in [6.45, 7) is 8.36. The molecular formula is C17H29N3O. The van der Waals surface area contributed by atoms with Crippen molar-refractivity contribution in [3.63, 3.8) is 0 Å². The van der Waals surface area contributed by atoms with Crippen LogP contribution in [0.15, 0.2) is 6.07 Å². The van der Waals surface area contributed by atoms with Gasteiger partial charge in [-0.15, -0.1) is 0 Å². The lowest BCUT2D eigenvalue weighted by Crippen LogP contribution is -2.35. The third-order valence-electron chi connectivity index (χ3n) is 4.52. The average Bonchev–Trinajstić information content (AvgIpc) is 2.48. The van der Waals surface area contributed by atoms with Crippen LogP contribution in [0.5, 0.6) is 0 Å². The SMILES string of the molecule is CCCNCc1cc(C)nc(C2(OC)CCC(C)CC2)n1. The predicted octanol–water partition coefficient (Wildman–Crippen LogP) is 3.34. The van der Waals surface area contributed by atoms with E-state index in [1.54, 1.807) is 7.11 Å². The normalized spacial score (nSPS) is 26.0. The van der Waals surface area contributed by atoms with Crippen molar-refractivity contribution in [1.82, 2.24) is 15.3 Å². The Balaban J connectivity index is 2.20. The van der Waals surface area contributed by atoms with Crippen LogP contribution in [0.25, 0.3) is 0 Å². The fourth-order valence-electron chi connectivity index (χ4n) is 3.07. The Kier molecular flexibility index (Phi) is 5.71. The molecule has 1 heterocycles. The average molecular weight is 291 g/mol. The minimum absolute atomic E-state index is 0.280. The van der Waals surface area contributed by atoms with E-state index >= 15 is 0 Å². The highest BCUT2D eigenvalue weighted by Gasteiger charge is 2.38. The minimum atomic E-state index is -0.280. The first-order chi connectivity index (χ1) is 10.1. The first kappa shape index (κ1) is 16.4. The van der Waals surface area contributed by atoms with Crippen molar-refractivity contribution in [2.75, 3.05) is 13.7 Å². The van der Waals surface area contributed by atoms with Crippen molar-refractivity contribution in [3.05, 3.63) is 23.3 Å². The van der Waals surface area contributed by atoms with E-state index in [9.17, 15) is 0 Å². The fraction of sp³-hybridized carbons (Fsp3) is 0.765. The number of aryl methyl sites for hydroxylation is 1. The molecule has 0 amide bonds. The van der Waals surface area contributed by atoms with E-state index in [-0.39, 0.29) is 5.60 Å². The first-order valence-corrected chi connectivity index (χ1v) is 8.20. The van der Waals surface area contributed by atoms with Crippen molar-refractivity contribution in [2.45, 2.75) is 65.0 Å². The monoisotopic (exact) mass is 291 g/mol. The van der Waals surface area contributed by atoms with Gasteiger partial charge < -0.3 is 10.1 Å². The molecule has 118 valence electrons. The van der Waals surface area contributed by atoms with Gasteiger partial charge in [0.25, 0.3) is 0 Å². The van der Waals surface area contributed by atoms with Gasteiger partial charge in [-0.3, -0.25) is 0 Å². The van der Waals surface area contributed by atoms with Crippen LogP contribution in [0.1, 0.15) is 63.2 Å². The van der Waals surface area contributed by atoms with Crippen LogP contribution >= 0.6 is 0 Å². The zero-order valence-corrected chi connectivity index (χ0v) is 13.9. The van der Waals surface area contributed by atoms with E-state index in [4.69, 9.17) is 9.72 Å². The Labute approximate surface area is 128 Å². The predicted molar refractivity (Wildman–Crippen MR) is 85.1 cm³/mol. The molecule has 0 atom stereocenters. The maximum absolute atomic E-state index is 5.90. The molecule has 0 radical (unpaired) electrons. The highest BCUT2D eigenvalue weighted by molar-refractivity contribution is 5.15. The van der Waals surface area contributed by atoms with Crippen LogP contribution in [0, 0.1) is 12.8 Å². The highest BCUT2D eigenvalue weighted by atomic mass is 16.5. The molecule has 0 aliphatic heterocycles. The fourth-order valence-corrected chi connectivity index (χ4v) is 3.07. The van der Waals surface area contributed by atoms with Gasteiger partial charge in [0.15, 0.2) is 5.82 Å². The molecule has 2 rings (SSSR count). The summed E-state index contributed by atoms with van der Waals surface area (Å²) in [5.41, 5.74) is 1.82. The number of aromatic nitrogens is 2. The van der Waals surface area contributed by atoms with Gasteiger partial charge in [-0.25, -0.2) is 9.97 Å². The molecule has 0 bridgehead atoms. The molecule has 1 saturated carbocycles. The molecule has 0 spiro atoms. The Morgan fingerprint density at radius 3 is 2.67 bits per heavy atom. The molecule has 21 heavy (non-hydrogen) atoms. The number of hydrogen-bond donors (Lipinski definition) is 1. The summed E-state index contributed by atoms with van der Waals surface area (Å²) in [7, 11) is 1.80. The van der Waals surface area contributed by atoms with Gasteiger partial charge in [0.2, 0.25) is 0 Å². The lowest BCUT2D eigenvalue weighted by molar-refractivity contribution is -0.0600. The molecule has 0 aromatic carbocycles. The van der Waals surface area contributed by atoms with Crippen LogP contribution in [0.3, 0.4) is 0 Å². The van der Waals surface area contributed by atoms with Crippen LogP contribution in [0.2, 0.25) is 0 Å². The summed E-state index contributed by atoms with van der Waals surface area (Å²) in [6, 6.07) is 2.07. The summed E-state index contributed by atoms with van der Waals surface area (Å²) >= 11 is 0. The zero-order chi connectivity index (χ0) is 15.3. The van der Waals surface area contributed by atoms with Crippen molar-refractivity contribution in [2.24, 2.45) is 5.92 Å². The van der Waals surface area contributed by atoms with Gasteiger partial charge in [-0.2, -0.15) is 0 Å². The van der Waals surface area contributed by atoms with Crippen molar-refractivity contribution in [3.8, 4) is 0 Å². The van der Waals surface area contributed by atoms with Gasteiger partial charge in [-0.05, 0) is 57.6 Å². The van der Waals surface area contributed by atoms with Crippen LogP contribution < -0.4 is 5.32 Å². The largest absolute Gasteiger partial charge is 0.370 e. The Morgan fingerprint density at radius 1 is 1.33 bits per heavy atom. The van der Waals surface area contributed by atoms with Crippen molar-refractivity contribution in [1.29, 1.82) is 0 Å². The Hall–Kier alpha value is -1.00. The molecule has 1 aliphatic carbocycles. The quantitative estimate of drug-likeness (QED) is 0.817. The Bertz CT molecular complexity index is 453. The van der Waals surface area contributed by atoms with Gasteiger partial charge >= 0.3 is 0 Å². The molecule has 0 saturated heterocycles. The summed E-state index contributed by atoms with van der Waals surface area (Å²) in [6.07, 6.45) is 5.56. The van der Waals surface area contributed by atoms with E-state index in [2.05, 4.69) is 30.2 Å². The van der Waals surface area contributed by atoms with Crippen LogP contribution in [-0.2, 0) is 16.9 Å². The summed E-state index contributed by atoms with van der Waals surface area (Å²) in [5.74, 6) is 1.66. The van der Waals surface area contributed by atoms with Gasteiger partial charge in [0.1, 0.15) is 5.60 Å². The highest BCUT2D eigenvalue weighted by Crippen LogP contribution is 2.40. The number of nitrogens with one attached hydrogen (secondary N) is 1. The topological polar surface area (TPSA) is 47.0 Å². The first-order valence-electron chi connectivity index (χ1n) is 8.20. The summed E-state index contributed by atoms with van der Waals surface area (Å²) in [4.78, 5) is 9.49. The van der Waals surface area contributed by atoms with Crippen LogP contribution in [-0.4, -0.2) is 23.6 Å². The second-order valence-electron chi connectivity index (χ2n) is 6.38. The lowest BCUT2D eigenvalue weighted by atomic mass is 9.79. The minimum Gasteiger partial charge on any atom is -0.370 e. The van der Waals surface area contributed by atoms with E-state index in [1.807, 2.05) is 6.92 Å². The van der Waals surface area contributed by atoms with E-state index in [0.717, 1.165) is 55.5 Å². The second kappa shape index (κ2) is 7.32.